The molecule has 0 saturated carbocycles. The standard InChI is InChI=1S/C10H9N5O2S/c11-6-7-5-8(12)1-2-9(7)18(16,17)15-10-3-4-13-14-10/h1-5H,12H2,(H2,13,14,15). The molecule has 7 nitrogen and oxygen atoms in total. The molecular weight excluding hydrogens is 254 g/mol. The normalized spacial score (nSPS) is 10.8. The number of benzene rings is 1. The van der Waals surface area contributed by atoms with Crippen LogP contribution < -0.4 is 10.5 Å². The van der Waals surface area contributed by atoms with E-state index in [1.54, 1.807) is 6.07 Å². The van der Waals surface area contributed by atoms with Crippen molar-refractivity contribution < 1.29 is 8.42 Å². The lowest BCUT2D eigenvalue weighted by Gasteiger charge is -2.07. The number of anilines is 2. The highest BCUT2D eigenvalue weighted by Gasteiger charge is 2.19. The van der Waals surface area contributed by atoms with Gasteiger partial charge in [0.1, 0.15) is 16.8 Å². The highest BCUT2D eigenvalue weighted by Crippen LogP contribution is 2.20. The van der Waals surface area contributed by atoms with E-state index in [0.717, 1.165) is 0 Å². The summed E-state index contributed by atoms with van der Waals surface area (Å²) < 4.78 is 26.4. The minimum Gasteiger partial charge on any atom is -0.399 e. The summed E-state index contributed by atoms with van der Waals surface area (Å²) in [7, 11) is -3.84. The molecule has 18 heavy (non-hydrogen) atoms. The van der Waals surface area contributed by atoms with Crippen LogP contribution in [0.1, 0.15) is 5.56 Å². The molecule has 0 radical (unpaired) electrons. The fourth-order valence-corrected chi connectivity index (χ4v) is 2.54. The van der Waals surface area contributed by atoms with E-state index in [4.69, 9.17) is 11.0 Å². The summed E-state index contributed by atoms with van der Waals surface area (Å²) in [5.74, 6) is 0.218. The zero-order valence-electron chi connectivity index (χ0n) is 9.08. The van der Waals surface area contributed by atoms with Gasteiger partial charge in [-0.05, 0) is 18.2 Å². The Hall–Kier alpha value is -2.53. The van der Waals surface area contributed by atoms with Gasteiger partial charge in [0.25, 0.3) is 10.0 Å². The van der Waals surface area contributed by atoms with Gasteiger partial charge >= 0.3 is 0 Å². The molecule has 1 aromatic carbocycles. The Morgan fingerprint density at radius 2 is 2.17 bits per heavy atom. The number of rotatable bonds is 3. The van der Waals surface area contributed by atoms with Crippen LogP contribution in [0.25, 0.3) is 0 Å². The van der Waals surface area contributed by atoms with Crippen molar-refractivity contribution in [3.8, 4) is 6.07 Å². The van der Waals surface area contributed by atoms with Crippen LogP contribution in [-0.4, -0.2) is 18.6 Å². The number of sulfonamides is 1. The van der Waals surface area contributed by atoms with Crippen molar-refractivity contribution in [2.24, 2.45) is 0 Å². The molecule has 2 rings (SSSR count). The molecule has 0 amide bonds. The number of nitrogen functional groups attached to an aromatic ring is 1. The third kappa shape index (κ3) is 2.26. The van der Waals surface area contributed by atoms with Gasteiger partial charge in [-0.15, -0.1) is 0 Å². The van der Waals surface area contributed by atoms with Gasteiger partial charge in [0.2, 0.25) is 0 Å². The fourth-order valence-electron chi connectivity index (χ4n) is 1.38. The second-order valence-electron chi connectivity index (χ2n) is 3.44. The van der Waals surface area contributed by atoms with Crippen LogP contribution in [0.5, 0.6) is 0 Å². The number of hydrogen-bond acceptors (Lipinski definition) is 5. The maximum absolute atomic E-state index is 12.0. The van der Waals surface area contributed by atoms with Gasteiger partial charge in [0.05, 0.1) is 11.8 Å². The Kier molecular flexibility index (Phi) is 2.91. The first-order valence-corrected chi connectivity index (χ1v) is 6.33. The molecule has 4 N–H and O–H groups in total. The average molecular weight is 263 g/mol. The van der Waals surface area contributed by atoms with Gasteiger partial charge < -0.3 is 5.73 Å². The van der Waals surface area contributed by atoms with E-state index in [0.29, 0.717) is 5.69 Å². The minimum absolute atomic E-state index is 0.0120. The van der Waals surface area contributed by atoms with Crippen LogP contribution in [0, 0.1) is 11.3 Å². The maximum atomic E-state index is 12.0. The quantitative estimate of drug-likeness (QED) is 0.702. The molecule has 2 aromatic rings. The lowest BCUT2D eigenvalue weighted by atomic mass is 10.2. The first kappa shape index (κ1) is 11.9. The molecule has 1 heterocycles. The molecular formula is C10H9N5O2S. The summed E-state index contributed by atoms with van der Waals surface area (Å²) in [5, 5.41) is 15.0. The van der Waals surface area contributed by atoms with Gasteiger partial charge in [0.15, 0.2) is 0 Å². The van der Waals surface area contributed by atoms with Crippen LogP contribution in [-0.2, 0) is 10.0 Å². The molecule has 0 aliphatic carbocycles. The first-order valence-electron chi connectivity index (χ1n) is 4.85. The molecule has 8 heteroatoms. The van der Waals surface area contributed by atoms with Gasteiger partial charge in [-0.3, -0.25) is 9.82 Å². The Morgan fingerprint density at radius 3 is 2.78 bits per heavy atom. The Morgan fingerprint density at radius 1 is 1.39 bits per heavy atom. The van der Waals surface area contributed by atoms with Crippen molar-refractivity contribution in [2.45, 2.75) is 4.90 Å². The molecule has 92 valence electrons. The van der Waals surface area contributed by atoms with Crippen LogP contribution in [0.3, 0.4) is 0 Å². The predicted octanol–water partition coefficient (Wildman–Crippen LogP) is 0.664. The fraction of sp³-hybridized carbons (Fsp3) is 0. The molecule has 0 saturated heterocycles. The summed E-state index contributed by atoms with van der Waals surface area (Å²) in [5.41, 5.74) is 5.81. The zero-order valence-corrected chi connectivity index (χ0v) is 9.90. The van der Waals surface area contributed by atoms with Crippen molar-refractivity contribution in [1.29, 1.82) is 5.26 Å². The third-order valence-corrected chi connectivity index (χ3v) is 3.58. The van der Waals surface area contributed by atoms with Crippen molar-refractivity contribution in [3.05, 3.63) is 36.0 Å². The SMILES string of the molecule is N#Cc1cc(N)ccc1S(=O)(=O)Nc1ccn[nH]1. The second-order valence-corrected chi connectivity index (χ2v) is 5.09. The lowest BCUT2D eigenvalue weighted by molar-refractivity contribution is 0.601. The molecule has 0 spiro atoms. The van der Waals surface area contributed by atoms with Gasteiger partial charge in [0, 0.05) is 11.8 Å². The van der Waals surface area contributed by atoms with Crippen LogP contribution in [0.4, 0.5) is 11.5 Å². The number of nitrogens with two attached hydrogens (primary N) is 1. The number of hydrogen-bond donors (Lipinski definition) is 3. The van der Waals surface area contributed by atoms with E-state index >= 15 is 0 Å². The number of aromatic amines is 1. The monoisotopic (exact) mass is 263 g/mol. The van der Waals surface area contributed by atoms with Crippen molar-refractivity contribution >= 4 is 21.5 Å². The second kappa shape index (κ2) is 4.38. The van der Waals surface area contributed by atoms with Gasteiger partial charge in [-0.2, -0.15) is 10.4 Å². The number of nitriles is 1. The minimum atomic E-state index is -3.84. The number of H-pyrrole nitrogens is 1. The molecule has 1 aromatic heterocycles. The van der Waals surface area contributed by atoms with Crippen LogP contribution in [0.2, 0.25) is 0 Å². The summed E-state index contributed by atoms with van der Waals surface area (Å²) in [6, 6.07) is 7.27. The van der Waals surface area contributed by atoms with Crippen LogP contribution in [0.15, 0.2) is 35.4 Å². The molecule has 0 fully saturated rings. The van der Waals surface area contributed by atoms with Crippen molar-refractivity contribution in [1.82, 2.24) is 10.2 Å². The molecule has 0 bridgehead atoms. The highest BCUT2D eigenvalue weighted by atomic mass is 32.2. The number of aromatic nitrogens is 2. The maximum Gasteiger partial charge on any atom is 0.264 e. The summed E-state index contributed by atoms with van der Waals surface area (Å²) in [6.45, 7) is 0. The molecule has 0 atom stereocenters. The molecule has 0 aliphatic heterocycles. The Bertz CT molecular complexity index is 700. The average Bonchev–Trinajstić information content (AvgIpc) is 2.80. The van der Waals surface area contributed by atoms with E-state index in [-0.39, 0.29) is 16.3 Å². The van der Waals surface area contributed by atoms with Crippen LogP contribution >= 0.6 is 0 Å². The third-order valence-electron chi connectivity index (χ3n) is 2.16. The molecule has 0 unspecified atom stereocenters. The van der Waals surface area contributed by atoms with E-state index in [2.05, 4.69) is 14.9 Å². The predicted molar refractivity (Wildman–Crippen MR) is 65.0 cm³/mol. The largest absolute Gasteiger partial charge is 0.399 e. The van der Waals surface area contributed by atoms with E-state index in [1.165, 1.54) is 30.5 Å². The number of nitrogens with one attached hydrogen (secondary N) is 2. The summed E-state index contributed by atoms with van der Waals surface area (Å²) in [6.07, 6.45) is 1.41. The molecule has 0 aliphatic rings. The van der Waals surface area contributed by atoms with E-state index in [9.17, 15) is 8.42 Å². The lowest BCUT2D eigenvalue weighted by Crippen LogP contribution is -2.14. The smallest absolute Gasteiger partial charge is 0.264 e. The van der Waals surface area contributed by atoms with E-state index in [1.807, 2.05) is 0 Å². The first-order chi connectivity index (χ1) is 8.53. The summed E-state index contributed by atoms with van der Waals surface area (Å²) >= 11 is 0. The Labute approximate surface area is 103 Å². The van der Waals surface area contributed by atoms with Crippen molar-refractivity contribution in [2.75, 3.05) is 10.5 Å². The van der Waals surface area contributed by atoms with Gasteiger partial charge in [-0.1, -0.05) is 0 Å². The highest BCUT2D eigenvalue weighted by molar-refractivity contribution is 7.92. The van der Waals surface area contributed by atoms with E-state index < -0.39 is 10.0 Å². The van der Waals surface area contributed by atoms with Gasteiger partial charge in [-0.25, -0.2) is 8.42 Å². The number of nitrogens with zero attached hydrogens (tertiary/aromatic N) is 2. The Balaban J connectivity index is 2.45. The summed E-state index contributed by atoms with van der Waals surface area (Å²) in [4.78, 5) is -0.131. The zero-order chi connectivity index (χ0) is 13.2. The van der Waals surface area contributed by atoms with Crippen molar-refractivity contribution in [3.63, 3.8) is 0 Å². The topological polar surface area (TPSA) is 125 Å².